The molecule has 2 aliphatic rings. The van der Waals surface area contributed by atoms with Crippen LogP contribution in [0, 0.1) is 11.8 Å². The molecule has 1 saturated heterocycles. The summed E-state index contributed by atoms with van der Waals surface area (Å²) in [5.41, 5.74) is 3.00. The standard InChI is InChI=1S/C24H31ClN4O/c25-22-16-28-23(29-24(30)19-9-5-11-26-15-19)13-21(22)18-8-4-10-20(12-18)27-14-17-6-2-1-3-7-17/h4,8,10,12-13,16-17,19,26-27H,1-3,5-7,9,11,14-15H2,(H,28,29,30). The Balaban J connectivity index is 1.45. The van der Waals surface area contributed by atoms with Crippen LogP contribution in [0.2, 0.25) is 5.02 Å². The fourth-order valence-electron chi connectivity index (χ4n) is 4.48. The van der Waals surface area contributed by atoms with Gasteiger partial charge in [0.2, 0.25) is 5.91 Å². The van der Waals surface area contributed by atoms with Crippen molar-refractivity contribution in [3.05, 3.63) is 41.6 Å². The van der Waals surface area contributed by atoms with E-state index in [2.05, 4.69) is 33.1 Å². The molecule has 0 bridgehead atoms. The van der Waals surface area contributed by atoms with E-state index in [1.54, 1.807) is 6.20 Å². The van der Waals surface area contributed by atoms with Gasteiger partial charge in [-0.3, -0.25) is 4.79 Å². The molecule has 1 aliphatic carbocycles. The van der Waals surface area contributed by atoms with Gasteiger partial charge in [-0.1, -0.05) is 43.0 Å². The summed E-state index contributed by atoms with van der Waals surface area (Å²) < 4.78 is 0. The van der Waals surface area contributed by atoms with Crippen molar-refractivity contribution in [3.63, 3.8) is 0 Å². The zero-order chi connectivity index (χ0) is 20.8. The molecule has 2 aromatic rings. The molecule has 3 N–H and O–H groups in total. The third-order valence-electron chi connectivity index (χ3n) is 6.27. The van der Waals surface area contributed by atoms with Crippen LogP contribution in [0.4, 0.5) is 11.5 Å². The summed E-state index contributed by atoms with van der Waals surface area (Å²) in [5, 5.41) is 10.4. The first kappa shape index (κ1) is 21.1. The Morgan fingerprint density at radius 2 is 2.00 bits per heavy atom. The number of pyridine rings is 1. The normalized spacial score (nSPS) is 20.0. The number of piperidine rings is 1. The molecule has 1 saturated carbocycles. The molecule has 4 rings (SSSR count). The summed E-state index contributed by atoms with van der Waals surface area (Å²) in [4.78, 5) is 16.9. The van der Waals surface area contributed by atoms with Crippen LogP contribution < -0.4 is 16.0 Å². The predicted molar refractivity (Wildman–Crippen MR) is 124 cm³/mol. The van der Waals surface area contributed by atoms with Crippen LogP contribution in [0.15, 0.2) is 36.5 Å². The molecule has 1 amide bonds. The lowest BCUT2D eigenvalue weighted by atomic mass is 9.89. The molecular weight excluding hydrogens is 396 g/mol. The van der Waals surface area contributed by atoms with E-state index in [1.807, 2.05) is 18.2 Å². The number of rotatable bonds is 6. The van der Waals surface area contributed by atoms with E-state index in [1.165, 1.54) is 32.1 Å². The van der Waals surface area contributed by atoms with Gasteiger partial charge in [0.15, 0.2) is 0 Å². The van der Waals surface area contributed by atoms with E-state index in [0.717, 1.165) is 55.2 Å². The zero-order valence-electron chi connectivity index (χ0n) is 17.4. The van der Waals surface area contributed by atoms with E-state index in [4.69, 9.17) is 11.6 Å². The van der Waals surface area contributed by atoms with Crippen LogP contribution in [0.25, 0.3) is 11.1 Å². The van der Waals surface area contributed by atoms with Crippen molar-refractivity contribution < 1.29 is 4.79 Å². The summed E-state index contributed by atoms with van der Waals surface area (Å²) in [7, 11) is 0. The molecule has 0 spiro atoms. The highest BCUT2D eigenvalue weighted by atomic mass is 35.5. The molecule has 1 aromatic carbocycles. The van der Waals surface area contributed by atoms with Gasteiger partial charge in [-0.15, -0.1) is 0 Å². The van der Waals surface area contributed by atoms with Crippen molar-refractivity contribution in [2.75, 3.05) is 30.3 Å². The van der Waals surface area contributed by atoms with E-state index in [0.29, 0.717) is 10.8 Å². The summed E-state index contributed by atoms with van der Waals surface area (Å²) in [6.45, 7) is 2.73. The number of nitrogens with one attached hydrogen (secondary N) is 3. The van der Waals surface area contributed by atoms with E-state index >= 15 is 0 Å². The van der Waals surface area contributed by atoms with Crippen molar-refractivity contribution in [3.8, 4) is 11.1 Å². The van der Waals surface area contributed by atoms with Crippen molar-refractivity contribution in [1.82, 2.24) is 10.3 Å². The molecule has 1 aromatic heterocycles. The molecule has 0 radical (unpaired) electrons. The van der Waals surface area contributed by atoms with Gasteiger partial charge in [0.1, 0.15) is 5.82 Å². The molecule has 2 heterocycles. The Morgan fingerprint density at radius 1 is 1.13 bits per heavy atom. The Kier molecular flexibility index (Phi) is 7.24. The number of carbonyl (C=O) groups excluding carboxylic acids is 1. The van der Waals surface area contributed by atoms with Crippen LogP contribution in [-0.4, -0.2) is 30.5 Å². The smallest absolute Gasteiger partial charge is 0.229 e. The highest BCUT2D eigenvalue weighted by Gasteiger charge is 2.21. The minimum absolute atomic E-state index is 0.00741. The van der Waals surface area contributed by atoms with Gasteiger partial charge >= 0.3 is 0 Å². The number of aromatic nitrogens is 1. The van der Waals surface area contributed by atoms with E-state index in [9.17, 15) is 4.79 Å². The first-order chi connectivity index (χ1) is 14.7. The van der Waals surface area contributed by atoms with Crippen molar-refractivity contribution in [2.45, 2.75) is 44.9 Å². The van der Waals surface area contributed by atoms with Gasteiger partial charge in [0.25, 0.3) is 0 Å². The largest absolute Gasteiger partial charge is 0.385 e. The zero-order valence-corrected chi connectivity index (χ0v) is 18.2. The topological polar surface area (TPSA) is 66.0 Å². The maximum Gasteiger partial charge on any atom is 0.229 e. The Labute approximate surface area is 184 Å². The lowest BCUT2D eigenvalue weighted by molar-refractivity contribution is -0.120. The first-order valence-corrected chi connectivity index (χ1v) is 11.6. The number of hydrogen-bond acceptors (Lipinski definition) is 4. The maximum atomic E-state index is 12.6. The molecule has 160 valence electrons. The number of amides is 1. The van der Waals surface area contributed by atoms with E-state index in [-0.39, 0.29) is 11.8 Å². The van der Waals surface area contributed by atoms with Crippen LogP contribution >= 0.6 is 11.6 Å². The summed E-state index contributed by atoms with van der Waals surface area (Å²) in [6, 6.07) is 10.2. The first-order valence-electron chi connectivity index (χ1n) is 11.2. The van der Waals surface area contributed by atoms with Gasteiger partial charge in [0.05, 0.1) is 10.9 Å². The van der Waals surface area contributed by atoms with Gasteiger partial charge in [-0.25, -0.2) is 4.98 Å². The van der Waals surface area contributed by atoms with Gasteiger partial charge < -0.3 is 16.0 Å². The van der Waals surface area contributed by atoms with Crippen molar-refractivity contribution >= 4 is 29.0 Å². The van der Waals surface area contributed by atoms with Gasteiger partial charge in [-0.2, -0.15) is 0 Å². The third kappa shape index (κ3) is 5.52. The van der Waals surface area contributed by atoms with Crippen molar-refractivity contribution in [2.24, 2.45) is 11.8 Å². The maximum absolute atomic E-state index is 12.6. The molecular formula is C24H31ClN4O. The number of anilines is 2. The highest BCUT2D eigenvalue weighted by molar-refractivity contribution is 6.33. The third-order valence-corrected chi connectivity index (χ3v) is 6.57. The molecule has 5 nitrogen and oxygen atoms in total. The Morgan fingerprint density at radius 3 is 2.80 bits per heavy atom. The average molecular weight is 427 g/mol. The number of hydrogen-bond donors (Lipinski definition) is 3. The van der Waals surface area contributed by atoms with Gasteiger partial charge in [-0.05, 0) is 61.9 Å². The van der Waals surface area contributed by atoms with Crippen LogP contribution in [0.3, 0.4) is 0 Å². The Hall–Kier alpha value is -2.11. The minimum atomic E-state index is -0.00741. The van der Waals surface area contributed by atoms with E-state index < -0.39 is 0 Å². The van der Waals surface area contributed by atoms with Crippen LogP contribution in [0.5, 0.6) is 0 Å². The summed E-state index contributed by atoms with van der Waals surface area (Å²) in [6.07, 6.45) is 10.3. The number of benzene rings is 1. The number of halogens is 1. The van der Waals surface area contributed by atoms with Gasteiger partial charge in [0, 0.05) is 30.5 Å². The Bertz CT molecular complexity index is 860. The van der Waals surface area contributed by atoms with Crippen LogP contribution in [0.1, 0.15) is 44.9 Å². The molecule has 6 heteroatoms. The lowest BCUT2D eigenvalue weighted by Gasteiger charge is -2.22. The quantitative estimate of drug-likeness (QED) is 0.583. The SMILES string of the molecule is O=C(Nc1cc(-c2cccc(NCC3CCCCC3)c2)c(Cl)cn1)C1CCCNC1. The summed E-state index contributed by atoms with van der Waals surface area (Å²) in [5.74, 6) is 1.33. The fraction of sp³-hybridized carbons (Fsp3) is 0.500. The number of nitrogens with zero attached hydrogens (tertiary/aromatic N) is 1. The second kappa shape index (κ2) is 10.3. The second-order valence-corrected chi connectivity index (χ2v) is 8.95. The second-order valence-electron chi connectivity index (χ2n) is 8.55. The molecule has 1 aliphatic heterocycles. The molecule has 1 atom stereocenters. The fourth-order valence-corrected chi connectivity index (χ4v) is 4.69. The average Bonchev–Trinajstić information content (AvgIpc) is 2.80. The minimum Gasteiger partial charge on any atom is -0.385 e. The molecule has 2 fully saturated rings. The summed E-state index contributed by atoms with van der Waals surface area (Å²) >= 11 is 6.46. The highest BCUT2D eigenvalue weighted by Crippen LogP contribution is 2.31. The molecule has 1 unspecified atom stereocenters. The van der Waals surface area contributed by atoms with Crippen molar-refractivity contribution in [1.29, 1.82) is 0 Å². The van der Waals surface area contributed by atoms with Crippen LogP contribution in [-0.2, 0) is 4.79 Å². The monoisotopic (exact) mass is 426 g/mol. The predicted octanol–water partition coefficient (Wildman–Crippen LogP) is 5.33. The number of carbonyl (C=O) groups is 1. The molecule has 30 heavy (non-hydrogen) atoms. The lowest BCUT2D eigenvalue weighted by Crippen LogP contribution is -2.37.